The molecule has 1 aliphatic heterocycles. The number of hydrogen-bond donors (Lipinski definition) is 0. The van der Waals surface area contributed by atoms with Gasteiger partial charge in [-0.05, 0) is 48.4 Å². The Hall–Kier alpha value is -3.16. The molecule has 1 aliphatic rings. The monoisotopic (exact) mass is 454 g/mol. The lowest BCUT2D eigenvalue weighted by atomic mass is 9.96. The van der Waals surface area contributed by atoms with Crippen LogP contribution in [0.4, 0.5) is 0 Å². The summed E-state index contributed by atoms with van der Waals surface area (Å²) in [5, 5.41) is 0.585. The molecule has 0 radical (unpaired) electrons. The molecule has 0 fully saturated rings. The summed E-state index contributed by atoms with van der Waals surface area (Å²) in [6.07, 6.45) is 1.78. The SMILES string of the molecule is COC(=O)C1=C(C)N=c2s/c(=C\c3cccc(Cl)c3)c(=O)n2[C@@H]1c1ccc(OC)cc1. The van der Waals surface area contributed by atoms with Crippen LogP contribution < -0.4 is 19.6 Å². The minimum absolute atomic E-state index is 0.238. The molecule has 31 heavy (non-hydrogen) atoms. The summed E-state index contributed by atoms with van der Waals surface area (Å²) in [7, 11) is 2.90. The number of aromatic nitrogens is 1. The highest BCUT2D eigenvalue weighted by Gasteiger charge is 2.33. The predicted molar refractivity (Wildman–Crippen MR) is 120 cm³/mol. The third kappa shape index (κ3) is 3.94. The summed E-state index contributed by atoms with van der Waals surface area (Å²) in [6, 6.07) is 13.8. The molecule has 0 unspecified atom stereocenters. The van der Waals surface area contributed by atoms with E-state index in [1.807, 2.05) is 24.3 Å². The van der Waals surface area contributed by atoms with Gasteiger partial charge in [0.05, 0.1) is 36.1 Å². The van der Waals surface area contributed by atoms with E-state index in [1.54, 1.807) is 48.9 Å². The molecule has 0 aliphatic carbocycles. The number of fused-ring (bicyclic) bond motifs is 1. The van der Waals surface area contributed by atoms with Gasteiger partial charge in [-0.1, -0.05) is 47.2 Å². The maximum atomic E-state index is 13.4. The first-order valence-electron chi connectivity index (χ1n) is 9.43. The average Bonchev–Trinajstić information content (AvgIpc) is 3.07. The number of rotatable bonds is 4. The largest absolute Gasteiger partial charge is 0.497 e. The van der Waals surface area contributed by atoms with Gasteiger partial charge in [0, 0.05) is 5.02 Å². The van der Waals surface area contributed by atoms with Gasteiger partial charge in [0.25, 0.3) is 5.56 Å². The molecular weight excluding hydrogens is 436 g/mol. The van der Waals surface area contributed by atoms with E-state index in [0.717, 1.165) is 11.1 Å². The van der Waals surface area contributed by atoms with E-state index in [9.17, 15) is 9.59 Å². The third-order valence-corrected chi connectivity index (χ3v) is 6.22. The van der Waals surface area contributed by atoms with Crippen molar-refractivity contribution in [3.8, 4) is 5.75 Å². The Balaban J connectivity index is 1.96. The number of esters is 1. The molecule has 0 amide bonds. The van der Waals surface area contributed by atoms with Crippen LogP contribution in [0.2, 0.25) is 5.02 Å². The van der Waals surface area contributed by atoms with Crippen molar-refractivity contribution in [1.29, 1.82) is 0 Å². The zero-order valence-electron chi connectivity index (χ0n) is 17.1. The van der Waals surface area contributed by atoms with Crippen molar-refractivity contribution in [3.63, 3.8) is 0 Å². The van der Waals surface area contributed by atoms with Gasteiger partial charge in [0.15, 0.2) is 4.80 Å². The molecule has 4 rings (SSSR count). The fraction of sp³-hybridized carbons (Fsp3) is 0.174. The summed E-state index contributed by atoms with van der Waals surface area (Å²) < 4.78 is 12.3. The number of carbonyl (C=O) groups is 1. The van der Waals surface area contributed by atoms with Crippen LogP contribution in [0, 0.1) is 0 Å². The van der Waals surface area contributed by atoms with Gasteiger partial charge >= 0.3 is 5.97 Å². The van der Waals surface area contributed by atoms with Gasteiger partial charge in [-0.3, -0.25) is 9.36 Å². The molecule has 0 N–H and O–H groups in total. The van der Waals surface area contributed by atoms with E-state index in [-0.39, 0.29) is 5.56 Å². The van der Waals surface area contributed by atoms with Crippen LogP contribution in [0.3, 0.4) is 0 Å². The van der Waals surface area contributed by atoms with Crippen LogP contribution in [0.5, 0.6) is 5.75 Å². The molecule has 1 aromatic heterocycles. The second-order valence-electron chi connectivity index (χ2n) is 6.90. The molecule has 3 aromatic rings. The van der Waals surface area contributed by atoms with Crippen LogP contribution in [0.1, 0.15) is 24.1 Å². The maximum Gasteiger partial charge on any atom is 0.338 e. The number of carbonyl (C=O) groups excluding carboxylic acids is 1. The van der Waals surface area contributed by atoms with Gasteiger partial charge in [-0.2, -0.15) is 0 Å². The molecule has 0 saturated heterocycles. The van der Waals surface area contributed by atoms with E-state index in [2.05, 4.69) is 4.99 Å². The smallest absolute Gasteiger partial charge is 0.338 e. The molecule has 0 bridgehead atoms. The molecule has 2 heterocycles. The van der Waals surface area contributed by atoms with Crippen LogP contribution in [-0.4, -0.2) is 24.8 Å². The Kier molecular flexibility index (Phi) is 5.80. The molecule has 8 heteroatoms. The second-order valence-corrected chi connectivity index (χ2v) is 8.35. The summed E-state index contributed by atoms with van der Waals surface area (Å²) >= 11 is 7.35. The van der Waals surface area contributed by atoms with Gasteiger partial charge in [0.1, 0.15) is 5.75 Å². The van der Waals surface area contributed by atoms with Crippen molar-refractivity contribution in [2.75, 3.05) is 14.2 Å². The zero-order chi connectivity index (χ0) is 22.1. The summed E-state index contributed by atoms with van der Waals surface area (Å²) in [5.74, 6) is 0.156. The number of nitrogens with zero attached hydrogens (tertiary/aromatic N) is 2. The summed E-state index contributed by atoms with van der Waals surface area (Å²) in [5.41, 5.74) is 2.17. The fourth-order valence-corrected chi connectivity index (χ4v) is 4.79. The van der Waals surface area contributed by atoms with E-state index in [0.29, 0.717) is 31.4 Å². The lowest BCUT2D eigenvalue weighted by Gasteiger charge is -2.24. The van der Waals surface area contributed by atoms with Crippen LogP contribution >= 0.6 is 22.9 Å². The standard InChI is InChI=1S/C23H19ClN2O4S/c1-13-19(22(28)30-3)20(15-7-9-17(29-2)10-8-15)26-21(27)18(31-23(26)25-13)12-14-5-4-6-16(24)11-14/h4-12,20H,1-3H3/b18-12-/t20-/m1/s1. The Morgan fingerprint density at radius 1 is 1.19 bits per heavy atom. The first kappa shape index (κ1) is 21.1. The molecular formula is C23H19ClN2O4S. The van der Waals surface area contributed by atoms with E-state index >= 15 is 0 Å². The van der Waals surface area contributed by atoms with E-state index in [1.165, 1.54) is 18.4 Å². The van der Waals surface area contributed by atoms with Gasteiger partial charge in [-0.25, -0.2) is 9.79 Å². The molecule has 0 saturated carbocycles. The lowest BCUT2D eigenvalue weighted by molar-refractivity contribution is -0.136. The Morgan fingerprint density at radius 2 is 1.94 bits per heavy atom. The van der Waals surface area contributed by atoms with Crippen molar-refractivity contribution in [2.45, 2.75) is 13.0 Å². The zero-order valence-corrected chi connectivity index (χ0v) is 18.7. The average molecular weight is 455 g/mol. The third-order valence-electron chi connectivity index (χ3n) is 5.00. The van der Waals surface area contributed by atoms with Gasteiger partial charge in [-0.15, -0.1) is 0 Å². The maximum absolute atomic E-state index is 13.4. The highest BCUT2D eigenvalue weighted by atomic mass is 35.5. The predicted octanol–water partition coefficient (Wildman–Crippen LogP) is 3.07. The number of thiazole rings is 1. The summed E-state index contributed by atoms with van der Waals surface area (Å²) in [4.78, 5) is 31.1. The Morgan fingerprint density at radius 3 is 2.58 bits per heavy atom. The number of ether oxygens (including phenoxy) is 2. The highest BCUT2D eigenvalue weighted by Crippen LogP contribution is 2.31. The highest BCUT2D eigenvalue weighted by molar-refractivity contribution is 7.07. The summed E-state index contributed by atoms with van der Waals surface area (Å²) in [6.45, 7) is 1.75. The number of methoxy groups -OCH3 is 2. The topological polar surface area (TPSA) is 69.9 Å². The van der Waals surface area contributed by atoms with Crippen molar-refractivity contribution in [3.05, 3.63) is 95.6 Å². The van der Waals surface area contributed by atoms with Gasteiger partial charge in [0.2, 0.25) is 0 Å². The van der Waals surface area contributed by atoms with Crippen LogP contribution in [0.15, 0.2) is 69.6 Å². The molecule has 1 atom stereocenters. The second kappa shape index (κ2) is 8.53. The number of halogens is 1. The minimum Gasteiger partial charge on any atom is -0.497 e. The van der Waals surface area contributed by atoms with Gasteiger partial charge < -0.3 is 9.47 Å². The lowest BCUT2D eigenvalue weighted by Crippen LogP contribution is -2.39. The van der Waals surface area contributed by atoms with Crippen LogP contribution in [-0.2, 0) is 9.53 Å². The van der Waals surface area contributed by atoms with Crippen molar-refractivity contribution < 1.29 is 14.3 Å². The number of hydrogen-bond acceptors (Lipinski definition) is 6. The molecule has 2 aromatic carbocycles. The minimum atomic E-state index is -0.656. The Labute approximate surface area is 187 Å². The normalized spacial score (nSPS) is 16.0. The van der Waals surface area contributed by atoms with E-state index in [4.69, 9.17) is 21.1 Å². The molecule has 0 spiro atoms. The van der Waals surface area contributed by atoms with Crippen molar-refractivity contribution >= 4 is 35.0 Å². The molecule has 6 nitrogen and oxygen atoms in total. The number of allylic oxidation sites excluding steroid dienone is 1. The quantitative estimate of drug-likeness (QED) is 0.568. The van der Waals surface area contributed by atoms with Crippen molar-refractivity contribution in [1.82, 2.24) is 4.57 Å². The van der Waals surface area contributed by atoms with Crippen molar-refractivity contribution in [2.24, 2.45) is 4.99 Å². The van der Waals surface area contributed by atoms with E-state index < -0.39 is 12.0 Å². The number of benzene rings is 2. The van der Waals surface area contributed by atoms with Crippen LogP contribution in [0.25, 0.3) is 6.08 Å². The molecule has 158 valence electrons. The fourth-order valence-electron chi connectivity index (χ4n) is 3.54. The first-order chi connectivity index (χ1) is 14.9. The Bertz CT molecular complexity index is 1370. The first-order valence-corrected chi connectivity index (χ1v) is 10.6.